The minimum absolute atomic E-state index is 0.202. The first-order valence-electron chi connectivity index (χ1n) is 8.09. The molecule has 7 heteroatoms. The molecule has 2 aromatic carbocycles. The second-order valence-electron chi connectivity index (χ2n) is 5.45. The number of aromatic nitrogens is 1. The number of thiazole rings is 1. The molecule has 1 amide bonds. The molecule has 0 atom stereocenters. The number of methoxy groups -OCH3 is 1. The highest BCUT2D eigenvalue weighted by atomic mass is 32.1. The van der Waals surface area contributed by atoms with Gasteiger partial charge in [0.25, 0.3) is 0 Å². The monoisotopic (exact) mass is 395 g/mol. The van der Waals surface area contributed by atoms with Gasteiger partial charge < -0.3 is 10.1 Å². The molecule has 2 N–H and O–H groups in total. The number of nitrogens with one attached hydrogen (secondary N) is 2. The van der Waals surface area contributed by atoms with Gasteiger partial charge in [0, 0.05) is 17.0 Å². The molecule has 3 rings (SSSR count). The number of nitrogens with zero attached hydrogens (tertiary/aromatic N) is 1. The highest BCUT2D eigenvalue weighted by Crippen LogP contribution is 2.26. The van der Waals surface area contributed by atoms with Gasteiger partial charge in [-0.2, -0.15) is 0 Å². The Morgan fingerprint density at radius 1 is 1.15 bits per heavy atom. The third kappa shape index (κ3) is 5.47. The average Bonchev–Trinajstić information content (AvgIpc) is 3.15. The molecule has 0 radical (unpaired) electrons. The molecule has 0 saturated carbocycles. The lowest BCUT2D eigenvalue weighted by Gasteiger charge is -2.04. The van der Waals surface area contributed by atoms with Crippen LogP contribution in [0.2, 0.25) is 0 Å². The molecule has 0 aliphatic rings. The van der Waals surface area contributed by atoms with Crippen LogP contribution in [0.15, 0.2) is 66.1 Å². The van der Waals surface area contributed by atoms with Crippen LogP contribution in [0.3, 0.4) is 0 Å². The van der Waals surface area contributed by atoms with Gasteiger partial charge in [0.2, 0.25) is 5.91 Å². The van der Waals surface area contributed by atoms with Crippen molar-refractivity contribution in [3.63, 3.8) is 0 Å². The average molecular weight is 396 g/mol. The predicted molar refractivity (Wildman–Crippen MR) is 114 cm³/mol. The van der Waals surface area contributed by atoms with Gasteiger partial charge in [0.05, 0.1) is 12.8 Å². The fourth-order valence-electron chi connectivity index (χ4n) is 2.24. The van der Waals surface area contributed by atoms with E-state index in [-0.39, 0.29) is 11.0 Å². The van der Waals surface area contributed by atoms with Crippen molar-refractivity contribution in [1.82, 2.24) is 10.3 Å². The molecule has 1 heterocycles. The number of amides is 1. The van der Waals surface area contributed by atoms with Crippen molar-refractivity contribution < 1.29 is 9.53 Å². The van der Waals surface area contributed by atoms with Crippen molar-refractivity contribution in [3.05, 3.63) is 71.6 Å². The molecule has 5 nitrogen and oxygen atoms in total. The lowest BCUT2D eigenvalue weighted by atomic mass is 10.2. The number of carbonyl (C=O) groups is 1. The summed E-state index contributed by atoms with van der Waals surface area (Å²) in [5, 5.41) is 8.27. The zero-order valence-corrected chi connectivity index (χ0v) is 16.1. The van der Waals surface area contributed by atoms with E-state index in [1.807, 2.05) is 60.0 Å². The summed E-state index contributed by atoms with van der Waals surface area (Å²) in [6.07, 6.45) is 3.16. The maximum Gasteiger partial charge on any atom is 0.250 e. The molecule has 0 bridgehead atoms. The summed E-state index contributed by atoms with van der Waals surface area (Å²) >= 11 is 6.58. The Kier molecular flexibility index (Phi) is 6.30. The van der Waals surface area contributed by atoms with Crippen molar-refractivity contribution in [1.29, 1.82) is 0 Å². The number of anilines is 1. The summed E-state index contributed by atoms with van der Waals surface area (Å²) in [6, 6.07) is 17.2. The maximum atomic E-state index is 11.9. The van der Waals surface area contributed by atoms with Gasteiger partial charge in [-0.25, -0.2) is 4.98 Å². The quantitative estimate of drug-likeness (QED) is 0.497. The molecule has 0 saturated heterocycles. The fraction of sp³-hybridized carbons (Fsp3) is 0.0500. The Bertz CT molecular complexity index is 951. The summed E-state index contributed by atoms with van der Waals surface area (Å²) < 4.78 is 5.15. The highest BCUT2D eigenvalue weighted by Gasteiger charge is 2.07. The van der Waals surface area contributed by atoms with Gasteiger partial charge in [0.15, 0.2) is 10.2 Å². The molecule has 0 aliphatic heterocycles. The van der Waals surface area contributed by atoms with E-state index in [2.05, 4.69) is 15.6 Å². The van der Waals surface area contributed by atoms with Crippen LogP contribution in [0, 0.1) is 0 Å². The molecule has 0 fully saturated rings. The third-order valence-electron chi connectivity index (χ3n) is 3.57. The third-order valence-corrected chi connectivity index (χ3v) is 4.54. The lowest BCUT2D eigenvalue weighted by molar-refractivity contribution is -0.115. The molecule has 136 valence electrons. The van der Waals surface area contributed by atoms with E-state index in [1.54, 1.807) is 13.2 Å². The van der Waals surface area contributed by atoms with Gasteiger partial charge in [-0.05, 0) is 48.1 Å². The van der Waals surface area contributed by atoms with E-state index >= 15 is 0 Å². The van der Waals surface area contributed by atoms with Crippen LogP contribution in [0.25, 0.3) is 17.3 Å². The Hall–Kier alpha value is -3.03. The van der Waals surface area contributed by atoms with Crippen LogP contribution in [-0.2, 0) is 4.79 Å². The van der Waals surface area contributed by atoms with Crippen molar-refractivity contribution >= 4 is 45.8 Å². The number of hydrogen-bond acceptors (Lipinski definition) is 5. The van der Waals surface area contributed by atoms with Gasteiger partial charge >= 0.3 is 0 Å². The van der Waals surface area contributed by atoms with Crippen LogP contribution >= 0.6 is 23.6 Å². The van der Waals surface area contributed by atoms with Crippen LogP contribution in [0.5, 0.6) is 5.75 Å². The van der Waals surface area contributed by atoms with Crippen molar-refractivity contribution in [2.45, 2.75) is 0 Å². The van der Waals surface area contributed by atoms with Crippen LogP contribution in [-0.4, -0.2) is 23.1 Å². The fourth-order valence-corrected chi connectivity index (χ4v) is 3.23. The topological polar surface area (TPSA) is 63.2 Å². The van der Waals surface area contributed by atoms with Gasteiger partial charge in [0.1, 0.15) is 5.75 Å². The second kappa shape index (κ2) is 9.07. The van der Waals surface area contributed by atoms with Crippen LogP contribution in [0.4, 0.5) is 5.13 Å². The number of rotatable bonds is 5. The van der Waals surface area contributed by atoms with Crippen LogP contribution in [0.1, 0.15) is 5.56 Å². The first-order valence-corrected chi connectivity index (χ1v) is 9.38. The lowest BCUT2D eigenvalue weighted by Crippen LogP contribution is -2.32. The smallest absolute Gasteiger partial charge is 0.250 e. The minimum Gasteiger partial charge on any atom is -0.497 e. The van der Waals surface area contributed by atoms with E-state index in [0.29, 0.717) is 5.13 Å². The number of benzene rings is 2. The Morgan fingerprint density at radius 3 is 2.59 bits per heavy atom. The second-order valence-corrected chi connectivity index (χ2v) is 6.72. The molecule has 27 heavy (non-hydrogen) atoms. The number of thiocarbonyl (C=S) groups is 1. The molecule has 3 aromatic rings. The summed E-state index contributed by atoms with van der Waals surface area (Å²) in [4.78, 5) is 16.4. The summed E-state index contributed by atoms with van der Waals surface area (Å²) in [6.45, 7) is 0. The summed E-state index contributed by atoms with van der Waals surface area (Å²) in [5.74, 6) is 0.489. The van der Waals surface area contributed by atoms with Crippen molar-refractivity contribution in [2.24, 2.45) is 0 Å². The number of ether oxygens (including phenoxy) is 1. The molecule has 0 unspecified atom stereocenters. The Labute approximate surface area is 166 Å². The zero-order valence-electron chi connectivity index (χ0n) is 14.5. The van der Waals surface area contributed by atoms with E-state index in [1.165, 1.54) is 17.4 Å². The molecule has 1 aromatic heterocycles. The Morgan fingerprint density at radius 2 is 1.89 bits per heavy atom. The SMILES string of the molecule is COc1ccc(-c2csc(NC(=S)NC(=O)/C=C/c3ccccc3)n2)cc1. The first-order chi connectivity index (χ1) is 13.1. The summed E-state index contributed by atoms with van der Waals surface area (Å²) in [7, 11) is 1.63. The van der Waals surface area contributed by atoms with E-state index < -0.39 is 0 Å². The van der Waals surface area contributed by atoms with Crippen LogP contribution < -0.4 is 15.4 Å². The highest BCUT2D eigenvalue weighted by molar-refractivity contribution is 7.80. The summed E-state index contributed by atoms with van der Waals surface area (Å²) in [5.41, 5.74) is 2.74. The van der Waals surface area contributed by atoms with Gasteiger partial charge in [-0.3, -0.25) is 10.1 Å². The van der Waals surface area contributed by atoms with Gasteiger partial charge in [-0.1, -0.05) is 30.3 Å². The van der Waals surface area contributed by atoms with E-state index in [9.17, 15) is 4.79 Å². The standard InChI is InChI=1S/C20H17N3O2S2/c1-25-16-10-8-15(9-11-16)17-13-27-20(21-17)23-19(26)22-18(24)12-7-14-5-3-2-4-6-14/h2-13H,1H3,(H2,21,22,23,24,26)/b12-7+. The van der Waals surface area contributed by atoms with E-state index in [4.69, 9.17) is 17.0 Å². The molecule has 0 aliphatic carbocycles. The largest absolute Gasteiger partial charge is 0.497 e. The molecular formula is C20H17N3O2S2. The number of hydrogen-bond donors (Lipinski definition) is 2. The molecular weight excluding hydrogens is 378 g/mol. The minimum atomic E-state index is -0.303. The van der Waals surface area contributed by atoms with Crippen molar-refractivity contribution in [3.8, 4) is 17.0 Å². The molecule has 0 spiro atoms. The first kappa shape index (κ1) is 18.8. The Balaban J connectivity index is 1.55. The van der Waals surface area contributed by atoms with Crippen molar-refractivity contribution in [2.75, 3.05) is 12.4 Å². The van der Waals surface area contributed by atoms with E-state index in [0.717, 1.165) is 22.6 Å². The maximum absolute atomic E-state index is 11.9. The number of carbonyl (C=O) groups excluding carboxylic acids is 1. The van der Waals surface area contributed by atoms with Gasteiger partial charge in [-0.15, -0.1) is 11.3 Å². The normalized spacial score (nSPS) is 10.6. The zero-order chi connectivity index (χ0) is 19.1. The predicted octanol–water partition coefficient (Wildman–Crippen LogP) is 4.35.